The Morgan fingerprint density at radius 1 is 1.06 bits per heavy atom. The fraction of sp³-hybridized carbons (Fsp3) is 0.174. The summed E-state index contributed by atoms with van der Waals surface area (Å²) in [7, 11) is 2.85. The van der Waals surface area contributed by atoms with Gasteiger partial charge in [-0.1, -0.05) is 12.1 Å². The van der Waals surface area contributed by atoms with Gasteiger partial charge in [0, 0.05) is 11.6 Å². The van der Waals surface area contributed by atoms with E-state index >= 15 is 0 Å². The molecule has 2 aromatic heterocycles. The van der Waals surface area contributed by atoms with Gasteiger partial charge in [-0.2, -0.15) is 0 Å². The molecular weight excluding hydrogens is 426 g/mol. The number of para-hydroxylation sites is 1. The van der Waals surface area contributed by atoms with Crippen LogP contribution in [0, 0.1) is 6.92 Å². The van der Waals surface area contributed by atoms with E-state index in [2.05, 4.69) is 15.4 Å². The topological polar surface area (TPSA) is 117 Å². The molecule has 0 radical (unpaired) electrons. The van der Waals surface area contributed by atoms with Gasteiger partial charge in [-0.25, -0.2) is 23.7 Å². The van der Waals surface area contributed by atoms with Crippen molar-refractivity contribution in [3.8, 4) is 17.0 Å². The van der Waals surface area contributed by atoms with Gasteiger partial charge in [-0.3, -0.25) is 4.79 Å². The normalized spacial score (nSPS) is 10.8. The Morgan fingerprint density at radius 2 is 1.79 bits per heavy atom. The molecule has 0 saturated heterocycles. The van der Waals surface area contributed by atoms with Gasteiger partial charge < -0.3 is 14.8 Å². The first-order chi connectivity index (χ1) is 15.9. The van der Waals surface area contributed by atoms with E-state index in [1.807, 2.05) is 24.3 Å². The van der Waals surface area contributed by atoms with E-state index in [9.17, 15) is 14.4 Å². The fourth-order valence-electron chi connectivity index (χ4n) is 3.42. The van der Waals surface area contributed by atoms with Crippen LogP contribution >= 0.6 is 0 Å². The predicted molar refractivity (Wildman–Crippen MR) is 120 cm³/mol. The molecule has 0 saturated carbocycles. The summed E-state index contributed by atoms with van der Waals surface area (Å²) in [5.41, 5.74) is 1.83. The monoisotopic (exact) mass is 447 g/mol. The molecule has 1 N–H and O–H groups in total. The number of aryl methyl sites for hydroxylation is 1. The highest BCUT2D eigenvalue weighted by Crippen LogP contribution is 2.22. The molecule has 0 unspecified atom stereocenters. The van der Waals surface area contributed by atoms with Crippen LogP contribution in [-0.2, 0) is 16.1 Å². The Labute approximate surface area is 188 Å². The van der Waals surface area contributed by atoms with E-state index in [1.54, 1.807) is 38.3 Å². The van der Waals surface area contributed by atoms with E-state index in [-0.39, 0.29) is 17.8 Å². The van der Waals surface area contributed by atoms with E-state index in [0.29, 0.717) is 17.2 Å². The maximum atomic E-state index is 12.8. The summed E-state index contributed by atoms with van der Waals surface area (Å²) in [5, 5.41) is 6.93. The molecular formula is C23H21N5O5. The smallest absolute Gasteiger partial charge is 0.352 e. The number of carbonyl (C=O) groups is 2. The SMILES string of the molecule is COC(=O)c1ccccc1NC(=O)Cn1nc2cc(-c3ccc(OC)cc3)nc(C)n2c1=O. The van der Waals surface area contributed by atoms with Crippen LogP contribution in [0.15, 0.2) is 59.4 Å². The van der Waals surface area contributed by atoms with Gasteiger partial charge in [0.05, 0.1) is 31.2 Å². The number of fused-ring (bicyclic) bond motifs is 1. The minimum Gasteiger partial charge on any atom is -0.497 e. The summed E-state index contributed by atoms with van der Waals surface area (Å²) in [6.45, 7) is 1.35. The minimum atomic E-state index is -0.580. The van der Waals surface area contributed by atoms with Gasteiger partial charge >= 0.3 is 11.7 Å². The van der Waals surface area contributed by atoms with Crippen molar-refractivity contribution in [3.05, 3.63) is 76.5 Å². The zero-order valence-electron chi connectivity index (χ0n) is 18.2. The number of esters is 1. The molecule has 0 spiro atoms. The zero-order valence-corrected chi connectivity index (χ0v) is 18.2. The van der Waals surface area contributed by atoms with Gasteiger partial charge in [0.25, 0.3) is 0 Å². The third kappa shape index (κ3) is 4.31. The summed E-state index contributed by atoms with van der Waals surface area (Å²) in [6.07, 6.45) is 0. The molecule has 0 atom stereocenters. The molecule has 2 aromatic carbocycles. The molecule has 2 heterocycles. The number of carbonyl (C=O) groups excluding carboxylic acids is 2. The molecule has 4 aromatic rings. The maximum absolute atomic E-state index is 12.8. The lowest BCUT2D eigenvalue weighted by molar-refractivity contribution is -0.117. The molecule has 33 heavy (non-hydrogen) atoms. The number of nitrogens with zero attached hydrogens (tertiary/aromatic N) is 4. The van der Waals surface area contributed by atoms with E-state index < -0.39 is 17.6 Å². The highest BCUT2D eigenvalue weighted by molar-refractivity contribution is 6.01. The second-order valence-electron chi connectivity index (χ2n) is 7.14. The van der Waals surface area contributed by atoms with Crippen molar-refractivity contribution in [2.75, 3.05) is 19.5 Å². The molecule has 168 valence electrons. The lowest BCUT2D eigenvalue weighted by Crippen LogP contribution is -2.29. The number of hydrogen-bond acceptors (Lipinski definition) is 7. The van der Waals surface area contributed by atoms with Crippen LogP contribution in [0.5, 0.6) is 5.75 Å². The molecule has 0 aliphatic rings. The predicted octanol–water partition coefficient (Wildman–Crippen LogP) is 2.30. The van der Waals surface area contributed by atoms with E-state index in [0.717, 1.165) is 16.0 Å². The Morgan fingerprint density at radius 3 is 2.48 bits per heavy atom. The molecule has 10 nitrogen and oxygen atoms in total. The Hall–Kier alpha value is -4.47. The largest absolute Gasteiger partial charge is 0.497 e. The first-order valence-electron chi connectivity index (χ1n) is 10.00. The van der Waals surface area contributed by atoms with Crippen molar-refractivity contribution in [2.45, 2.75) is 13.5 Å². The number of benzene rings is 2. The third-order valence-corrected chi connectivity index (χ3v) is 5.02. The average molecular weight is 447 g/mol. The first-order valence-corrected chi connectivity index (χ1v) is 10.00. The zero-order chi connectivity index (χ0) is 23.5. The fourth-order valence-corrected chi connectivity index (χ4v) is 3.42. The third-order valence-electron chi connectivity index (χ3n) is 5.02. The molecule has 1 amide bonds. The number of rotatable bonds is 6. The van der Waals surface area contributed by atoms with Crippen molar-refractivity contribution < 1.29 is 19.1 Å². The number of methoxy groups -OCH3 is 2. The summed E-state index contributed by atoms with van der Waals surface area (Å²) in [5.74, 6) is 0.0595. The Kier molecular flexibility index (Phi) is 5.90. The van der Waals surface area contributed by atoms with Crippen LogP contribution in [0.4, 0.5) is 5.69 Å². The average Bonchev–Trinajstić information content (AvgIpc) is 3.14. The number of aromatic nitrogens is 4. The summed E-state index contributed by atoms with van der Waals surface area (Å²) >= 11 is 0. The molecule has 0 aliphatic heterocycles. The van der Waals surface area contributed by atoms with Gasteiger partial charge in [-0.05, 0) is 43.3 Å². The number of ether oxygens (including phenoxy) is 2. The first kappa shape index (κ1) is 21.8. The molecule has 0 bridgehead atoms. The summed E-state index contributed by atoms with van der Waals surface area (Å²) in [6, 6.07) is 15.5. The lowest BCUT2D eigenvalue weighted by atomic mass is 10.1. The number of anilines is 1. The number of nitrogens with one attached hydrogen (secondary N) is 1. The van der Waals surface area contributed by atoms with Gasteiger partial charge in [0.15, 0.2) is 5.65 Å². The van der Waals surface area contributed by atoms with Crippen LogP contribution in [0.1, 0.15) is 16.2 Å². The molecule has 0 fully saturated rings. The second kappa shape index (κ2) is 8.95. The molecule has 4 rings (SSSR count). The van der Waals surface area contributed by atoms with Crippen molar-refractivity contribution >= 4 is 23.2 Å². The Balaban J connectivity index is 1.62. The van der Waals surface area contributed by atoms with E-state index in [1.165, 1.54) is 17.6 Å². The van der Waals surface area contributed by atoms with Crippen LogP contribution in [0.2, 0.25) is 0 Å². The van der Waals surface area contributed by atoms with E-state index in [4.69, 9.17) is 9.47 Å². The van der Waals surface area contributed by atoms with Crippen molar-refractivity contribution in [1.82, 2.24) is 19.2 Å². The van der Waals surface area contributed by atoms with Crippen LogP contribution in [0.3, 0.4) is 0 Å². The Bertz CT molecular complexity index is 1410. The highest BCUT2D eigenvalue weighted by Gasteiger charge is 2.17. The van der Waals surface area contributed by atoms with Gasteiger partial charge in [-0.15, -0.1) is 5.10 Å². The van der Waals surface area contributed by atoms with Crippen LogP contribution in [0.25, 0.3) is 16.9 Å². The molecule has 0 aliphatic carbocycles. The lowest BCUT2D eigenvalue weighted by Gasteiger charge is -2.09. The van der Waals surface area contributed by atoms with Gasteiger partial charge in [0.1, 0.15) is 18.1 Å². The standard InChI is InChI=1S/C23H21N5O5/c1-14-24-19(15-8-10-16(32-2)11-9-15)12-20-26-27(23(31)28(14)20)13-21(29)25-18-7-5-4-6-17(18)22(30)33-3/h4-12H,13H2,1-3H3,(H,25,29). The number of hydrogen-bond donors (Lipinski definition) is 1. The van der Waals surface area contributed by atoms with Crippen molar-refractivity contribution in [2.24, 2.45) is 0 Å². The second-order valence-corrected chi connectivity index (χ2v) is 7.14. The van der Waals surface area contributed by atoms with Crippen molar-refractivity contribution in [3.63, 3.8) is 0 Å². The highest BCUT2D eigenvalue weighted by atomic mass is 16.5. The van der Waals surface area contributed by atoms with Crippen LogP contribution < -0.4 is 15.7 Å². The number of amides is 1. The maximum Gasteiger partial charge on any atom is 0.352 e. The van der Waals surface area contributed by atoms with Crippen LogP contribution in [-0.4, -0.2) is 45.3 Å². The molecule has 10 heteroatoms. The van der Waals surface area contributed by atoms with Crippen molar-refractivity contribution in [1.29, 1.82) is 0 Å². The van der Waals surface area contributed by atoms with Gasteiger partial charge in [0.2, 0.25) is 5.91 Å². The summed E-state index contributed by atoms with van der Waals surface area (Å²) < 4.78 is 12.3. The minimum absolute atomic E-state index is 0.208. The quantitative estimate of drug-likeness (QED) is 0.451. The summed E-state index contributed by atoms with van der Waals surface area (Å²) in [4.78, 5) is 41.9.